The Labute approximate surface area is 283 Å². The van der Waals surface area contributed by atoms with Crippen molar-refractivity contribution in [2.45, 2.75) is 52.4 Å². The van der Waals surface area contributed by atoms with E-state index in [4.69, 9.17) is 9.98 Å². The third kappa shape index (κ3) is 8.43. The minimum atomic E-state index is -0.325. The topological polar surface area (TPSA) is 91.0 Å². The first-order valence-corrected chi connectivity index (χ1v) is 15.6. The van der Waals surface area contributed by atoms with Crippen LogP contribution in [0.3, 0.4) is 0 Å². The summed E-state index contributed by atoms with van der Waals surface area (Å²) in [6, 6.07) is 22.4. The molecule has 0 aliphatic heterocycles. The van der Waals surface area contributed by atoms with Gasteiger partial charge >= 0.3 is 0 Å². The van der Waals surface area contributed by atoms with Crippen LogP contribution in [0.25, 0.3) is 0 Å². The van der Waals surface area contributed by atoms with Crippen molar-refractivity contribution in [2.75, 3.05) is 0 Å². The van der Waals surface area contributed by atoms with Crippen LogP contribution in [0.15, 0.2) is 108 Å². The van der Waals surface area contributed by atoms with Gasteiger partial charge in [-0.3, -0.25) is 20.0 Å². The lowest BCUT2D eigenvalue weighted by Gasteiger charge is -2.22. The van der Waals surface area contributed by atoms with Gasteiger partial charge in [0.2, 0.25) is 0 Å². The van der Waals surface area contributed by atoms with Gasteiger partial charge in [0, 0.05) is 81.7 Å². The molecule has 48 heavy (non-hydrogen) atoms. The standard InChI is InChI=1S/C42H38N4O2/c1-41(2,3)35-25-31(13-11-29-15-19-43-20-16-29)23-33(39(35)47)27-45-37-9-7-8-10-38(37)46-28-34-24-32(14-12-30-17-21-44-22-18-30)26-36(40(34)48)42(4,5)6/h7-10,15-28,47-48H,1-6H3. The fourth-order valence-electron chi connectivity index (χ4n) is 4.92. The van der Waals surface area contributed by atoms with Crippen LogP contribution < -0.4 is 0 Å². The molecule has 0 aliphatic carbocycles. The van der Waals surface area contributed by atoms with Gasteiger partial charge in [-0.2, -0.15) is 0 Å². The number of hydrogen-bond donors (Lipinski definition) is 2. The lowest BCUT2D eigenvalue weighted by Crippen LogP contribution is -2.12. The van der Waals surface area contributed by atoms with Gasteiger partial charge in [0.05, 0.1) is 11.4 Å². The second-order valence-electron chi connectivity index (χ2n) is 13.4. The average Bonchev–Trinajstić information content (AvgIpc) is 3.06. The quantitative estimate of drug-likeness (QED) is 0.153. The number of nitrogens with zero attached hydrogens (tertiary/aromatic N) is 4. The first-order valence-electron chi connectivity index (χ1n) is 15.6. The molecular weight excluding hydrogens is 592 g/mol. The summed E-state index contributed by atoms with van der Waals surface area (Å²) in [7, 11) is 0. The largest absolute Gasteiger partial charge is 0.507 e. The maximum atomic E-state index is 11.3. The van der Waals surface area contributed by atoms with Crippen molar-refractivity contribution in [1.29, 1.82) is 0 Å². The van der Waals surface area contributed by atoms with E-state index in [9.17, 15) is 10.2 Å². The molecule has 0 aliphatic rings. The zero-order chi connectivity index (χ0) is 34.3. The predicted octanol–water partition coefficient (Wildman–Crippen LogP) is 8.78. The normalized spacial score (nSPS) is 11.6. The van der Waals surface area contributed by atoms with Gasteiger partial charge < -0.3 is 10.2 Å². The lowest BCUT2D eigenvalue weighted by atomic mass is 9.84. The minimum Gasteiger partial charge on any atom is -0.507 e. The Bertz CT molecular complexity index is 1960. The van der Waals surface area contributed by atoms with Crippen LogP contribution in [0.5, 0.6) is 11.5 Å². The summed E-state index contributed by atoms with van der Waals surface area (Å²) in [5.41, 5.74) is 6.42. The van der Waals surface area contributed by atoms with E-state index >= 15 is 0 Å². The smallest absolute Gasteiger partial charge is 0.128 e. The molecule has 2 aromatic heterocycles. The van der Waals surface area contributed by atoms with E-state index in [0.29, 0.717) is 22.5 Å². The number of aromatic nitrogens is 2. The summed E-state index contributed by atoms with van der Waals surface area (Å²) >= 11 is 0. The van der Waals surface area contributed by atoms with Crippen molar-refractivity contribution in [3.63, 3.8) is 0 Å². The van der Waals surface area contributed by atoms with Crippen LogP contribution in [0.1, 0.15) is 86.1 Å². The van der Waals surface area contributed by atoms with Gasteiger partial charge in [-0.05, 0) is 71.5 Å². The second kappa shape index (κ2) is 14.2. The van der Waals surface area contributed by atoms with E-state index in [1.807, 2.05) is 114 Å². The molecule has 0 fully saturated rings. The monoisotopic (exact) mass is 630 g/mol. The van der Waals surface area contributed by atoms with Crippen LogP contribution in [0, 0.1) is 23.7 Å². The van der Waals surface area contributed by atoms with Crippen molar-refractivity contribution in [2.24, 2.45) is 9.98 Å². The molecule has 0 spiro atoms. The Hall–Kier alpha value is -5.98. The van der Waals surface area contributed by atoms with Crippen molar-refractivity contribution >= 4 is 23.8 Å². The molecule has 0 amide bonds. The molecule has 0 saturated heterocycles. The highest BCUT2D eigenvalue weighted by Crippen LogP contribution is 2.36. The van der Waals surface area contributed by atoms with Gasteiger partial charge in [-0.25, -0.2) is 0 Å². The molecular formula is C42H38N4O2. The minimum absolute atomic E-state index is 0.158. The SMILES string of the molecule is CC(C)(C)c1cc(C#Cc2ccncc2)cc(C=Nc2ccccc2N=Cc2cc(C#Cc3ccncc3)cc(C(C)(C)C)c2O)c1O. The first kappa shape index (κ1) is 33.4. The van der Waals surface area contributed by atoms with E-state index in [1.54, 1.807) is 37.2 Å². The van der Waals surface area contributed by atoms with Crippen molar-refractivity contribution in [3.8, 4) is 35.2 Å². The molecule has 2 heterocycles. The molecule has 2 N–H and O–H groups in total. The van der Waals surface area contributed by atoms with E-state index in [0.717, 1.165) is 33.4 Å². The van der Waals surface area contributed by atoms with Gasteiger partial charge in [-0.15, -0.1) is 0 Å². The van der Waals surface area contributed by atoms with Crippen molar-refractivity contribution in [1.82, 2.24) is 9.97 Å². The Morgan fingerprint density at radius 2 is 0.875 bits per heavy atom. The van der Waals surface area contributed by atoms with E-state index in [1.165, 1.54) is 0 Å². The van der Waals surface area contributed by atoms with Crippen LogP contribution in [-0.2, 0) is 10.8 Å². The molecule has 0 radical (unpaired) electrons. The Balaban J connectivity index is 1.51. The second-order valence-corrected chi connectivity index (χ2v) is 13.4. The number of hydrogen-bond acceptors (Lipinski definition) is 6. The molecule has 0 bridgehead atoms. The number of phenols is 2. The summed E-state index contributed by atoms with van der Waals surface area (Å²) in [6.07, 6.45) is 10.1. The van der Waals surface area contributed by atoms with E-state index in [2.05, 4.69) is 33.6 Å². The molecule has 6 heteroatoms. The number of para-hydroxylation sites is 2. The molecule has 0 atom stereocenters. The third-order valence-electron chi connectivity index (χ3n) is 7.52. The number of pyridine rings is 2. The maximum absolute atomic E-state index is 11.3. The molecule has 3 aromatic carbocycles. The molecule has 0 unspecified atom stereocenters. The number of phenolic OH excluding ortho intramolecular Hbond substituents is 2. The van der Waals surface area contributed by atoms with Gasteiger partial charge in [0.15, 0.2) is 0 Å². The Morgan fingerprint density at radius 1 is 0.521 bits per heavy atom. The van der Waals surface area contributed by atoms with Gasteiger partial charge in [0.1, 0.15) is 11.5 Å². The number of benzene rings is 3. The maximum Gasteiger partial charge on any atom is 0.128 e. The summed E-state index contributed by atoms with van der Waals surface area (Å²) < 4.78 is 0. The summed E-state index contributed by atoms with van der Waals surface area (Å²) in [6.45, 7) is 12.3. The molecule has 6 nitrogen and oxygen atoms in total. The summed E-state index contributed by atoms with van der Waals surface area (Å²) in [5, 5.41) is 22.6. The molecule has 0 saturated carbocycles. The average molecular weight is 631 g/mol. The summed E-state index contributed by atoms with van der Waals surface area (Å²) in [4.78, 5) is 17.6. The van der Waals surface area contributed by atoms with E-state index < -0.39 is 0 Å². The highest BCUT2D eigenvalue weighted by atomic mass is 16.3. The van der Waals surface area contributed by atoms with E-state index in [-0.39, 0.29) is 22.3 Å². The molecule has 5 rings (SSSR count). The first-order chi connectivity index (χ1) is 22.9. The number of rotatable bonds is 4. The van der Waals surface area contributed by atoms with Crippen molar-refractivity contribution in [3.05, 3.63) is 142 Å². The Morgan fingerprint density at radius 3 is 1.23 bits per heavy atom. The predicted molar refractivity (Wildman–Crippen MR) is 195 cm³/mol. The molecule has 5 aromatic rings. The van der Waals surface area contributed by atoms with Gasteiger partial charge in [-0.1, -0.05) is 77.4 Å². The Kier molecular flexibility index (Phi) is 9.88. The fourth-order valence-corrected chi connectivity index (χ4v) is 4.92. The molecule has 238 valence electrons. The zero-order valence-corrected chi connectivity index (χ0v) is 28.1. The van der Waals surface area contributed by atoms with Crippen LogP contribution in [-0.4, -0.2) is 32.6 Å². The highest BCUT2D eigenvalue weighted by molar-refractivity contribution is 5.91. The van der Waals surface area contributed by atoms with Crippen LogP contribution in [0.2, 0.25) is 0 Å². The van der Waals surface area contributed by atoms with Gasteiger partial charge in [0.25, 0.3) is 0 Å². The third-order valence-corrected chi connectivity index (χ3v) is 7.52. The van der Waals surface area contributed by atoms with Crippen LogP contribution in [0.4, 0.5) is 11.4 Å². The number of aromatic hydroxyl groups is 2. The highest BCUT2D eigenvalue weighted by Gasteiger charge is 2.22. The van der Waals surface area contributed by atoms with Crippen molar-refractivity contribution < 1.29 is 10.2 Å². The zero-order valence-electron chi connectivity index (χ0n) is 28.1. The summed E-state index contributed by atoms with van der Waals surface area (Å²) in [5.74, 6) is 13.1. The lowest BCUT2D eigenvalue weighted by molar-refractivity contribution is 0.445. The fraction of sp³-hybridized carbons (Fsp3) is 0.190. The number of aliphatic imine (C=N–C) groups is 2. The van der Waals surface area contributed by atoms with Crippen LogP contribution >= 0.6 is 0 Å².